The molecule has 1 heterocycles. The van der Waals surface area contributed by atoms with Crippen LogP contribution in [0.5, 0.6) is 0 Å². The van der Waals surface area contributed by atoms with Crippen molar-refractivity contribution in [1.82, 2.24) is 4.90 Å². The summed E-state index contributed by atoms with van der Waals surface area (Å²) in [5.41, 5.74) is 0. The van der Waals surface area contributed by atoms with Gasteiger partial charge in [0.2, 0.25) is 0 Å². The molecule has 66 valence electrons. The normalized spacial score (nSPS) is 30.3. The number of piperidine rings is 1. The van der Waals surface area contributed by atoms with Gasteiger partial charge in [0.1, 0.15) is 0 Å². The molecule has 0 aromatic heterocycles. The van der Waals surface area contributed by atoms with E-state index in [1.165, 1.54) is 25.8 Å². The molecule has 1 saturated heterocycles. The Morgan fingerprint density at radius 1 is 1.55 bits per heavy atom. The summed E-state index contributed by atoms with van der Waals surface area (Å²) in [5, 5.41) is 0. The Hall–Kier alpha value is -0.120. The smallest absolute Gasteiger partial charge is 0.0913 e. The van der Waals surface area contributed by atoms with Gasteiger partial charge in [0, 0.05) is 6.04 Å². The van der Waals surface area contributed by atoms with Gasteiger partial charge in [-0.05, 0) is 33.4 Å². The third-order valence-electron chi connectivity index (χ3n) is 2.58. The molecule has 1 rings (SSSR count). The van der Waals surface area contributed by atoms with E-state index in [-0.39, 0.29) is 6.10 Å². The second-order valence-corrected chi connectivity index (χ2v) is 3.38. The number of hydrogen-bond acceptors (Lipinski definition) is 3. The van der Waals surface area contributed by atoms with E-state index in [4.69, 9.17) is 10.7 Å². The third-order valence-corrected chi connectivity index (χ3v) is 2.58. The maximum Gasteiger partial charge on any atom is 0.0913 e. The first-order valence-electron chi connectivity index (χ1n) is 4.31. The van der Waals surface area contributed by atoms with Gasteiger partial charge in [-0.25, -0.2) is 5.90 Å². The van der Waals surface area contributed by atoms with E-state index in [0.29, 0.717) is 6.04 Å². The summed E-state index contributed by atoms with van der Waals surface area (Å²) >= 11 is 0. The zero-order chi connectivity index (χ0) is 8.27. The maximum absolute atomic E-state index is 5.14. The van der Waals surface area contributed by atoms with Crippen molar-refractivity contribution in [3.8, 4) is 0 Å². The summed E-state index contributed by atoms with van der Waals surface area (Å²) in [6.07, 6.45) is 4.00. The van der Waals surface area contributed by atoms with Crippen LogP contribution >= 0.6 is 0 Å². The molecule has 2 N–H and O–H groups in total. The monoisotopic (exact) mass is 158 g/mol. The van der Waals surface area contributed by atoms with Crippen LogP contribution in [-0.4, -0.2) is 30.6 Å². The number of likely N-dealkylation sites (N-methyl/N-ethyl adjacent to an activating group) is 1. The van der Waals surface area contributed by atoms with Gasteiger partial charge in [-0.1, -0.05) is 6.42 Å². The van der Waals surface area contributed by atoms with Gasteiger partial charge in [-0.15, -0.1) is 0 Å². The van der Waals surface area contributed by atoms with E-state index in [1.807, 2.05) is 6.92 Å². The molecular weight excluding hydrogens is 140 g/mol. The van der Waals surface area contributed by atoms with Crippen LogP contribution in [0.15, 0.2) is 0 Å². The van der Waals surface area contributed by atoms with Gasteiger partial charge in [-0.3, -0.25) is 4.84 Å². The molecule has 1 fully saturated rings. The molecular formula is C8H18N2O. The summed E-state index contributed by atoms with van der Waals surface area (Å²) in [7, 11) is 2.14. The Balaban J connectivity index is 2.40. The number of likely N-dealkylation sites (tertiary alicyclic amines) is 1. The first kappa shape index (κ1) is 8.97. The average Bonchev–Trinajstić information content (AvgIpc) is 2.04. The van der Waals surface area contributed by atoms with Crippen LogP contribution in [0.3, 0.4) is 0 Å². The molecule has 0 aliphatic carbocycles. The largest absolute Gasteiger partial charge is 0.301 e. The topological polar surface area (TPSA) is 38.5 Å². The highest BCUT2D eigenvalue weighted by atomic mass is 16.6. The lowest BCUT2D eigenvalue weighted by Gasteiger charge is -2.35. The quantitative estimate of drug-likeness (QED) is 0.603. The molecule has 0 bridgehead atoms. The zero-order valence-electron chi connectivity index (χ0n) is 7.42. The van der Waals surface area contributed by atoms with Crippen molar-refractivity contribution in [1.29, 1.82) is 0 Å². The summed E-state index contributed by atoms with van der Waals surface area (Å²) in [5.74, 6) is 5.14. The van der Waals surface area contributed by atoms with Crippen molar-refractivity contribution in [2.24, 2.45) is 5.90 Å². The SMILES string of the molecule is CC(ON)C1CCCCN1C. The fraction of sp³-hybridized carbons (Fsp3) is 1.00. The summed E-state index contributed by atoms with van der Waals surface area (Å²) in [6.45, 7) is 3.21. The second kappa shape index (κ2) is 4.04. The Kier molecular flexibility index (Phi) is 3.30. The molecule has 2 atom stereocenters. The van der Waals surface area contributed by atoms with Crippen molar-refractivity contribution < 1.29 is 4.84 Å². The third kappa shape index (κ3) is 2.15. The van der Waals surface area contributed by atoms with Gasteiger partial charge < -0.3 is 4.90 Å². The molecule has 3 nitrogen and oxygen atoms in total. The molecule has 11 heavy (non-hydrogen) atoms. The minimum Gasteiger partial charge on any atom is -0.301 e. The van der Waals surface area contributed by atoms with E-state index in [9.17, 15) is 0 Å². The van der Waals surface area contributed by atoms with Crippen molar-refractivity contribution in [3.05, 3.63) is 0 Å². The minimum atomic E-state index is 0.167. The van der Waals surface area contributed by atoms with Crippen LogP contribution in [0.2, 0.25) is 0 Å². The number of hydrogen-bond donors (Lipinski definition) is 1. The minimum absolute atomic E-state index is 0.167. The maximum atomic E-state index is 5.14. The van der Waals surface area contributed by atoms with E-state index < -0.39 is 0 Å². The van der Waals surface area contributed by atoms with Crippen LogP contribution in [0.4, 0.5) is 0 Å². The van der Waals surface area contributed by atoms with Crippen LogP contribution in [0.1, 0.15) is 26.2 Å². The molecule has 3 heteroatoms. The predicted octanol–water partition coefficient (Wildman–Crippen LogP) is 0.749. The van der Waals surface area contributed by atoms with Crippen LogP contribution in [-0.2, 0) is 4.84 Å². The van der Waals surface area contributed by atoms with E-state index in [0.717, 1.165) is 0 Å². The lowest BCUT2D eigenvalue weighted by atomic mass is 9.99. The van der Waals surface area contributed by atoms with Crippen molar-refractivity contribution >= 4 is 0 Å². The van der Waals surface area contributed by atoms with Gasteiger partial charge in [0.05, 0.1) is 6.10 Å². The average molecular weight is 158 g/mol. The molecule has 0 spiro atoms. The van der Waals surface area contributed by atoms with Gasteiger partial charge in [0.15, 0.2) is 0 Å². The molecule has 0 amide bonds. The molecule has 0 saturated carbocycles. The first-order chi connectivity index (χ1) is 5.25. The highest BCUT2D eigenvalue weighted by molar-refractivity contribution is 4.78. The van der Waals surface area contributed by atoms with Crippen LogP contribution in [0.25, 0.3) is 0 Å². The second-order valence-electron chi connectivity index (χ2n) is 3.38. The van der Waals surface area contributed by atoms with E-state index in [2.05, 4.69) is 11.9 Å². The Morgan fingerprint density at radius 2 is 2.27 bits per heavy atom. The Labute approximate surface area is 68.5 Å². The molecule has 2 unspecified atom stereocenters. The molecule has 0 radical (unpaired) electrons. The highest BCUT2D eigenvalue weighted by Gasteiger charge is 2.24. The lowest BCUT2D eigenvalue weighted by Crippen LogP contribution is -2.45. The fourth-order valence-corrected chi connectivity index (χ4v) is 1.78. The first-order valence-corrected chi connectivity index (χ1v) is 4.31. The van der Waals surface area contributed by atoms with E-state index in [1.54, 1.807) is 0 Å². The Morgan fingerprint density at radius 3 is 2.82 bits per heavy atom. The standard InChI is InChI=1S/C8H18N2O/c1-7(11-9)8-5-3-4-6-10(8)2/h7-8H,3-6,9H2,1-2H3. The number of nitrogens with two attached hydrogens (primary N) is 1. The lowest BCUT2D eigenvalue weighted by molar-refractivity contribution is -0.0104. The Bertz CT molecular complexity index is 115. The van der Waals surface area contributed by atoms with Crippen molar-refractivity contribution in [3.63, 3.8) is 0 Å². The predicted molar refractivity (Wildman–Crippen MR) is 45.0 cm³/mol. The van der Waals surface area contributed by atoms with Crippen molar-refractivity contribution in [2.45, 2.75) is 38.3 Å². The van der Waals surface area contributed by atoms with Gasteiger partial charge in [-0.2, -0.15) is 0 Å². The number of nitrogens with zero attached hydrogens (tertiary/aromatic N) is 1. The van der Waals surface area contributed by atoms with Crippen LogP contribution in [0, 0.1) is 0 Å². The van der Waals surface area contributed by atoms with E-state index >= 15 is 0 Å². The fourth-order valence-electron chi connectivity index (χ4n) is 1.78. The molecule has 1 aliphatic rings. The molecule has 1 aliphatic heterocycles. The highest BCUT2D eigenvalue weighted by Crippen LogP contribution is 2.18. The number of rotatable bonds is 2. The van der Waals surface area contributed by atoms with Crippen LogP contribution < -0.4 is 5.90 Å². The zero-order valence-corrected chi connectivity index (χ0v) is 7.42. The summed E-state index contributed by atoms with van der Waals surface area (Å²) < 4.78 is 0. The summed E-state index contributed by atoms with van der Waals surface area (Å²) in [6, 6.07) is 0.522. The molecule has 0 aromatic carbocycles. The van der Waals surface area contributed by atoms with Gasteiger partial charge >= 0.3 is 0 Å². The summed E-state index contributed by atoms with van der Waals surface area (Å²) in [4.78, 5) is 7.15. The molecule has 0 aromatic rings. The van der Waals surface area contributed by atoms with Crippen molar-refractivity contribution in [2.75, 3.05) is 13.6 Å². The van der Waals surface area contributed by atoms with Gasteiger partial charge in [0.25, 0.3) is 0 Å².